The molecule has 0 aliphatic heterocycles. The lowest BCUT2D eigenvalue weighted by molar-refractivity contribution is -0.139. The van der Waals surface area contributed by atoms with Crippen LogP contribution in [-0.4, -0.2) is 23.1 Å². The molecule has 0 aliphatic rings. The Morgan fingerprint density at radius 2 is 1.90 bits per heavy atom. The summed E-state index contributed by atoms with van der Waals surface area (Å²) in [5.41, 5.74) is 0.864. The largest absolute Gasteiger partial charge is 0.480 e. The maximum Gasteiger partial charge on any atom is 0.326 e. The van der Waals surface area contributed by atoms with Crippen molar-refractivity contribution < 1.29 is 14.7 Å². The molecule has 0 radical (unpaired) electrons. The Bertz CT molecular complexity index is 584. The van der Waals surface area contributed by atoms with Crippen molar-refractivity contribution in [2.45, 2.75) is 19.0 Å². The average Bonchev–Trinajstić information content (AvgIpc) is 2.99. The van der Waals surface area contributed by atoms with E-state index in [4.69, 9.17) is 0 Å². The van der Waals surface area contributed by atoms with Crippen LogP contribution in [0.3, 0.4) is 0 Å². The van der Waals surface area contributed by atoms with Gasteiger partial charge in [-0.25, -0.2) is 9.59 Å². The molecule has 5 nitrogen and oxygen atoms in total. The van der Waals surface area contributed by atoms with Gasteiger partial charge in [-0.1, -0.05) is 36.4 Å². The summed E-state index contributed by atoms with van der Waals surface area (Å²) in [4.78, 5) is 24.0. The molecular formula is C15H16N2O3S. The number of thiophene rings is 1. The number of hydrogen-bond acceptors (Lipinski definition) is 3. The van der Waals surface area contributed by atoms with E-state index in [9.17, 15) is 14.7 Å². The second kappa shape index (κ2) is 7.44. The van der Waals surface area contributed by atoms with E-state index in [1.54, 1.807) is 0 Å². The van der Waals surface area contributed by atoms with Gasteiger partial charge in [-0.15, -0.1) is 11.3 Å². The van der Waals surface area contributed by atoms with E-state index in [0.29, 0.717) is 6.54 Å². The maximum absolute atomic E-state index is 11.8. The lowest BCUT2D eigenvalue weighted by Gasteiger charge is -2.15. The molecule has 1 aromatic heterocycles. The number of benzene rings is 1. The fourth-order valence-electron chi connectivity index (χ4n) is 1.84. The molecule has 1 aromatic carbocycles. The van der Waals surface area contributed by atoms with Crippen LogP contribution in [0.25, 0.3) is 0 Å². The van der Waals surface area contributed by atoms with Gasteiger partial charge in [0.05, 0.1) is 6.54 Å². The van der Waals surface area contributed by atoms with E-state index in [0.717, 1.165) is 10.4 Å². The lowest BCUT2D eigenvalue weighted by Crippen LogP contribution is -2.46. The Hall–Kier alpha value is -2.34. The Kier molecular flexibility index (Phi) is 5.34. The van der Waals surface area contributed by atoms with Crippen molar-refractivity contribution in [3.8, 4) is 0 Å². The first-order chi connectivity index (χ1) is 10.1. The number of aliphatic carboxylic acids is 1. The highest BCUT2D eigenvalue weighted by Crippen LogP contribution is 2.07. The van der Waals surface area contributed by atoms with Crippen LogP contribution in [0.4, 0.5) is 4.79 Å². The molecule has 0 spiro atoms. The lowest BCUT2D eigenvalue weighted by atomic mass is 10.1. The third-order valence-corrected chi connectivity index (χ3v) is 3.77. The first-order valence-electron chi connectivity index (χ1n) is 6.48. The molecule has 2 amide bonds. The average molecular weight is 304 g/mol. The van der Waals surface area contributed by atoms with Gasteiger partial charge in [-0.3, -0.25) is 0 Å². The monoisotopic (exact) mass is 304 g/mol. The fraction of sp³-hybridized carbons (Fsp3) is 0.200. The number of carbonyl (C=O) groups is 2. The fourth-order valence-corrected chi connectivity index (χ4v) is 2.48. The number of nitrogens with one attached hydrogen (secondary N) is 2. The second-order valence-corrected chi connectivity index (χ2v) is 5.52. The SMILES string of the molecule is O=C(NCc1cccs1)N[C@@H](Cc1ccccc1)C(=O)O. The van der Waals surface area contributed by atoms with Gasteiger partial charge in [-0.2, -0.15) is 0 Å². The normalized spacial score (nSPS) is 11.6. The van der Waals surface area contributed by atoms with Crippen molar-refractivity contribution in [2.75, 3.05) is 0 Å². The molecule has 1 heterocycles. The van der Waals surface area contributed by atoms with E-state index in [1.807, 2.05) is 47.8 Å². The summed E-state index contributed by atoms with van der Waals surface area (Å²) in [5, 5.41) is 16.3. The van der Waals surface area contributed by atoms with E-state index < -0.39 is 18.0 Å². The molecule has 2 rings (SSSR count). The molecule has 0 saturated heterocycles. The molecular weight excluding hydrogens is 288 g/mol. The molecule has 0 unspecified atom stereocenters. The van der Waals surface area contributed by atoms with Crippen LogP contribution in [0.5, 0.6) is 0 Å². The summed E-state index contributed by atoms with van der Waals surface area (Å²) in [6.45, 7) is 0.390. The van der Waals surface area contributed by atoms with Crippen LogP contribution in [0.2, 0.25) is 0 Å². The van der Waals surface area contributed by atoms with Crippen molar-refractivity contribution in [3.63, 3.8) is 0 Å². The van der Waals surface area contributed by atoms with Crippen molar-refractivity contribution in [1.82, 2.24) is 10.6 Å². The summed E-state index contributed by atoms with van der Waals surface area (Å²) in [7, 11) is 0. The standard InChI is InChI=1S/C15H16N2O3S/c18-14(19)13(9-11-5-2-1-3-6-11)17-15(20)16-10-12-7-4-8-21-12/h1-8,13H,9-10H2,(H,18,19)(H2,16,17,20)/t13-/m0/s1. The summed E-state index contributed by atoms with van der Waals surface area (Å²) < 4.78 is 0. The van der Waals surface area contributed by atoms with Crippen LogP contribution in [0.15, 0.2) is 47.8 Å². The first-order valence-corrected chi connectivity index (χ1v) is 7.36. The zero-order valence-electron chi connectivity index (χ0n) is 11.3. The van der Waals surface area contributed by atoms with Gasteiger partial charge in [0.1, 0.15) is 6.04 Å². The Morgan fingerprint density at radius 3 is 2.52 bits per heavy atom. The summed E-state index contributed by atoms with van der Waals surface area (Å²) in [6.07, 6.45) is 0.253. The van der Waals surface area contributed by atoms with Gasteiger partial charge >= 0.3 is 12.0 Å². The number of hydrogen-bond donors (Lipinski definition) is 3. The Labute approximate surface area is 126 Å². The molecule has 110 valence electrons. The number of amides is 2. The number of carboxylic acids is 1. The van der Waals surface area contributed by atoms with E-state index in [2.05, 4.69) is 10.6 Å². The quantitative estimate of drug-likeness (QED) is 0.766. The minimum absolute atomic E-state index is 0.253. The number of urea groups is 1. The molecule has 0 bridgehead atoms. The molecule has 0 aliphatic carbocycles. The van der Waals surface area contributed by atoms with Crippen LogP contribution in [0, 0.1) is 0 Å². The summed E-state index contributed by atoms with van der Waals surface area (Å²) >= 11 is 1.53. The van der Waals surface area contributed by atoms with E-state index in [-0.39, 0.29) is 6.42 Å². The third-order valence-electron chi connectivity index (χ3n) is 2.89. The molecule has 0 saturated carbocycles. The molecule has 0 fully saturated rings. The van der Waals surface area contributed by atoms with E-state index >= 15 is 0 Å². The zero-order chi connectivity index (χ0) is 15.1. The van der Waals surface area contributed by atoms with E-state index in [1.165, 1.54) is 11.3 Å². The smallest absolute Gasteiger partial charge is 0.326 e. The van der Waals surface area contributed by atoms with Crippen molar-refractivity contribution in [1.29, 1.82) is 0 Å². The summed E-state index contributed by atoms with van der Waals surface area (Å²) in [6, 6.07) is 11.6. The van der Waals surface area contributed by atoms with Gasteiger partial charge in [-0.05, 0) is 17.0 Å². The van der Waals surface area contributed by atoms with Crippen molar-refractivity contribution in [2.24, 2.45) is 0 Å². The number of carboxylic acid groups (broad SMARTS) is 1. The second-order valence-electron chi connectivity index (χ2n) is 4.49. The predicted molar refractivity (Wildman–Crippen MR) is 81.3 cm³/mol. The highest BCUT2D eigenvalue weighted by Gasteiger charge is 2.20. The zero-order valence-corrected chi connectivity index (χ0v) is 12.1. The Morgan fingerprint density at radius 1 is 1.14 bits per heavy atom. The molecule has 3 N–H and O–H groups in total. The van der Waals surface area contributed by atoms with Crippen LogP contribution in [0.1, 0.15) is 10.4 Å². The van der Waals surface area contributed by atoms with Crippen molar-refractivity contribution in [3.05, 3.63) is 58.3 Å². The topological polar surface area (TPSA) is 78.4 Å². The molecule has 1 atom stereocenters. The van der Waals surface area contributed by atoms with Gasteiger partial charge < -0.3 is 15.7 Å². The van der Waals surface area contributed by atoms with Gasteiger partial charge in [0, 0.05) is 11.3 Å². The Balaban J connectivity index is 1.87. The van der Waals surface area contributed by atoms with Gasteiger partial charge in [0.15, 0.2) is 0 Å². The highest BCUT2D eigenvalue weighted by molar-refractivity contribution is 7.09. The minimum atomic E-state index is -1.05. The third kappa shape index (κ3) is 4.92. The van der Waals surface area contributed by atoms with Crippen LogP contribution >= 0.6 is 11.3 Å². The van der Waals surface area contributed by atoms with Gasteiger partial charge in [0.2, 0.25) is 0 Å². The van der Waals surface area contributed by atoms with Crippen LogP contribution < -0.4 is 10.6 Å². The molecule has 21 heavy (non-hydrogen) atoms. The van der Waals surface area contributed by atoms with Crippen molar-refractivity contribution >= 4 is 23.3 Å². The summed E-state index contributed by atoms with van der Waals surface area (Å²) in [5.74, 6) is -1.05. The molecule has 2 aromatic rings. The van der Waals surface area contributed by atoms with Crippen LogP contribution in [-0.2, 0) is 17.8 Å². The van der Waals surface area contributed by atoms with Gasteiger partial charge in [0.25, 0.3) is 0 Å². The number of carbonyl (C=O) groups excluding carboxylic acids is 1. The first kappa shape index (κ1) is 15.1. The highest BCUT2D eigenvalue weighted by atomic mass is 32.1. The minimum Gasteiger partial charge on any atom is -0.480 e. The number of rotatable bonds is 6. The molecule has 6 heteroatoms. The predicted octanol–water partition coefficient (Wildman–Crippen LogP) is 2.24. The maximum atomic E-state index is 11.8.